The van der Waals surface area contributed by atoms with E-state index < -0.39 is 16.0 Å². The van der Waals surface area contributed by atoms with Crippen LogP contribution < -0.4 is 10.6 Å². The summed E-state index contributed by atoms with van der Waals surface area (Å²) in [5, 5.41) is 13.7. The Balaban J connectivity index is 1.80. The second kappa shape index (κ2) is 8.82. The molecule has 0 radical (unpaired) electrons. The highest BCUT2D eigenvalue weighted by Gasteiger charge is 2.26. The number of sulfonamides is 1. The van der Waals surface area contributed by atoms with E-state index >= 15 is 0 Å². The van der Waals surface area contributed by atoms with Gasteiger partial charge in [0, 0.05) is 32.6 Å². The Morgan fingerprint density at radius 1 is 1.08 bits per heavy atom. The van der Waals surface area contributed by atoms with Crippen LogP contribution in [-0.2, 0) is 21.4 Å². The Morgan fingerprint density at radius 3 is 2.32 bits per heavy atom. The molecule has 1 fully saturated rings. The highest BCUT2D eigenvalue weighted by molar-refractivity contribution is 7.89. The zero-order chi connectivity index (χ0) is 18.3. The van der Waals surface area contributed by atoms with E-state index in [9.17, 15) is 18.0 Å². The summed E-state index contributed by atoms with van der Waals surface area (Å²) >= 11 is 0. The lowest BCUT2D eigenvalue weighted by molar-refractivity contribution is -0.137. The first kappa shape index (κ1) is 19.2. The van der Waals surface area contributed by atoms with Crippen molar-refractivity contribution in [2.45, 2.75) is 37.1 Å². The molecule has 0 aliphatic carbocycles. The van der Waals surface area contributed by atoms with E-state index in [1.54, 1.807) is 24.3 Å². The summed E-state index contributed by atoms with van der Waals surface area (Å²) in [6, 6.07) is 6.06. The topological polar surface area (TPSA) is 116 Å². The lowest BCUT2D eigenvalue weighted by Crippen LogP contribution is -2.35. The number of benzene rings is 1. The van der Waals surface area contributed by atoms with Crippen LogP contribution >= 0.6 is 0 Å². The number of carbonyl (C=O) groups excluding carboxylic acids is 1. The van der Waals surface area contributed by atoms with Crippen molar-refractivity contribution in [3.05, 3.63) is 29.8 Å². The first-order valence-electron chi connectivity index (χ1n) is 8.22. The fraction of sp³-hybridized carbons (Fsp3) is 0.500. The number of nitrogens with zero attached hydrogens (tertiary/aromatic N) is 1. The van der Waals surface area contributed by atoms with Crippen LogP contribution in [0.3, 0.4) is 0 Å². The van der Waals surface area contributed by atoms with Crippen LogP contribution in [0.2, 0.25) is 0 Å². The lowest BCUT2D eigenvalue weighted by atomic mass is 10.2. The molecule has 2 amide bonds. The van der Waals surface area contributed by atoms with Crippen LogP contribution in [0.25, 0.3) is 0 Å². The Hall–Kier alpha value is -2.13. The van der Waals surface area contributed by atoms with Gasteiger partial charge in [-0.25, -0.2) is 13.2 Å². The number of carboxylic acids is 1. The summed E-state index contributed by atoms with van der Waals surface area (Å²) in [5.41, 5.74) is 0.779. The SMILES string of the molecule is O=C(O)CCCNC(=O)NCc1ccc(S(=O)(=O)N2CCCC2)cc1. The average molecular weight is 369 g/mol. The van der Waals surface area contributed by atoms with Gasteiger partial charge >= 0.3 is 12.0 Å². The van der Waals surface area contributed by atoms with Gasteiger partial charge in [0.1, 0.15) is 0 Å². The second-order valence-corrected chi connectivity index (χ2v) is 7.80. The minimum atomic E-state index is -3.42. The van der Waals surface area contributed by atoms with Gasteiger partial charge in [-0.15, -0.1) is 0 Å². The van der Waals surface area contributed by atoms with Crippen molar-refractivity contribution >= 4 is 22.0 Å². The minimum Gasteiger partial charge on any atom is -0.481 e. The molecule has 9 heteroatoms. The minimum absolute atomic E-state index is 0.00718. The van der Waals surface area contributed by atoms with Gasteiger partial charge in [0.2, 0.25) is 10.0 Å². The van der Waals surface area contributed by atoms with Gasteiger partial charge in [0.05, 0.1) is 4.90 Å². The molecule has 138 valence electrons. The van der Waals surface area contributed by atoms with E-state index in [-0.39, 0.29) is 30.4 Å². The van der Waals surface area contributed by atoms with Gasteiger partial charge in [0.15, 0.2) is 0 Å². The maximum absolute atomic E-state index is 12.4. The van der Waals surface area contributed by atoms with Gasteiger partial charge in [0.25, 0.3) is 0 Å². The Morgan fingerprint density at radius 2 is 1.72 bits per heavy atom. The van der Waals surface area contributed by atoms with Crippen LogP contribution in [-0.4, -0.2) is 49.5 Å². The van der Waals surface area contributed by atoms with Crippen LogP contribution in [0.5, 0.6) is 0 Å². The zero-order valence-corrected chi connectivity index (χ0v) is 14.7. The number of nitrogens with one attached hydrogen (secondary N) is 2. The molecule has 0 unspecified atom stereocenters. The van der Waals surface area contributed by atoms with Crippen molar-refractivity contribution in [2.75, 3.05) is 19.6 Å². The fourth-order valence-corrected chi connectivity index (χ4v) is 4.06. The maximum atomic E-state index is 12.4. The number of carbonyl (C=O) groups is 2. The highest BCUT2D eigenvalue weighted by Crippen LogP contribution is 2.20. The molecule has 1 aromatic rings. The molecular formula is C16H23N3O5S. The van der Waals surface area contributed by atoms with Gasteiger partial charge < -0.3 is 15.7 Å². The molecule has 1 aliphatic heterocycles. The molecule has 0 saturated carbocycles. The van der Waals surface area contributed by atoms with Crippen LogP contribution in [0.4, 0.5) is 4.79 Å². The van der Waals surface area contributed by atoms with Gasteiger partial charge in [-0.2, -0.15) is 4.31 Å². The monoisotopic (exact) mass is 369 g/mol. The summed E-state index contributed by atoms with van der Waals surface area (Å²) < 4.78 is 26.3. The summed E-state index contributed by atoms with van der Waals surface area (Å²) in [4.78, 5) is 22.2. The third kappa shape index (κ3) is 5.71. The Labute approximate surface area is 147 Å². The summed E-state index contributed by atoms with van der Waals surface area (Å²) in [5.74, 6) is -0.897. The predicted octanol–water partition coefficient (Wildman–Crippen LogP) is 1.14. The molecule has 0 spiro atoms. The highest BCUT2D eigenvalue weighted by atomic mass is 32.2. The molecule has 0 aromatic heterocycles. The van der Waals surface area contributed by atoms with Crippen LogP contribution in [0, 0.1) is 0 Å². The van der Waals surface area contributed by atoms with E-state index in [2.05, 4.69) is 10.6 Å². The van der Waals surface area contributed by atoms with Gasteiger partial charge in [-0.1, -0.05) is 12.1 Å². The first-order chi connectivity index (χ1) is 11.9. The first-order valence-corrected chi connectivity index (χ1v) is 9.66. The van der Waals surface area contributed by atoms with E-state index in [0.717, 1.165) is 18.4 Å². The molecule has 1 aromatic carbocycles. The van der Waals surface area contributed by atoms with Crippen LogP contribution in [0.1, 0.15) is 31.2 Å². The molecule has 25 heavy (non-hydrogen) atoms. The second-order valence-electron chi connectivity index (χ2n) is 5.86. The molecular weight excluding hydrogens is 346 g/mol. The van der Waals surface area contributed by atoms with Crippen molar-refractivity contribution < 1.29 is 23.1 Å². The molecule has 2 rings (SSSR count). The van der Waals surface area contributed by atoms with Crippen molar-refractivity contribution in [3.63, 3.8) is 0 Å². The Kier molecular flexibility index (Phi) is 6.77. The van der Waals surface area contributed by atoms with Crippen molar-refractivity contribution in [3.8, 4) is 0 Å². The number of urea groups is 1. The molecule has 1 aliphatic rings. The molecule has 1 saturated heterocycles. The number of hydrogen-bond donors (Lipinski definition) is 3. The molecule has 0 bridgehead atoms. The average Bonchev–Trinajstić information content (AvgIpc) is 3.12. The van der Waals surface area contributed by atoms with E-state index in [4.69, 9.17) is 5.11 Å². The van der Waals surface area contributed by atoms with Crippen molar-refractivity contribution in [1.29, 1.82) is 0 Å². The van der Waals surface area contributed by atoms with E-state index in [1.165, 1.54) is 4.31 Å². The summed E-state index contributed by atoms with van der Waals surface area (Å²) in [6.45, 7) is 1.67. The van der Waals surface area contributed by atoms with Crippen molar-refractivity contribution in [1.82, 2.24) is 14.9 Å². The molecule has 3 N–H and O–H groups in total. The van der Waals surface area contributed by atoms with Gasteiger partial charge in [-0.3, -0.25) is 4.79 Å². The zero-order valence-electron chi connectivity index (χ0n) is 13.9. The third-order valence-corrected chi connectivity index (χ3v) is 5.85. The van der Waals surface area contributed by atoms with Crippen LogP contribution in [0.15, 0.2) is 29.2 Å². The lowest BCUT2D eigenvalue weighted by Gasteiger charge is -2.15. The third-order valence-electron chi connectivity index (χ3n) is 3.93. The molecule has 8 nitrogen and oxygen atoms in total. The van der Waals surface area contributed by atoms with Crippen molar-refractivity contribution in [2.24, 2.45) is 0 Å². The molecule has 1 heterocycles. The standard InChI is InChI=1S/C16H23N3O5S/c20-15(21)4-3-9-17-16(22)18-12-13-5-7-14(8-6-13)25(23,24)19-10-1-2-11-19/h5-8H,1-4,9-12H2,(H,20,21)(H2,17,18,22). The number of rotatable bonds is 8. The number of amides is 2. The van der Waals surface area contributed by atoms with E-state index in [1.807, 2.05) is 0 Å². The van der Waals surface area contributed by atoms with E-state index in [0.29, 0.717) is 19.5 Å². The molecule has 0 atom stereocenters. The maximum Gasteiger partial charge on any atom is 0.315 e. The Bertz CT molecular complexity index is 697. The summed E-state index contributed by atoms with van der Waals surface area (Å²) in [7, 11) is -3.42. The smallest absolute Gasteiger partial charge is 0.315 e. The fourth-order valence-electron chi connectivity index (χ4n) is 2.54. The van der Waals surface area contributed by atoms with Gasteiger partial charge in [-0.05, 0) is 37.0 Å². The quantitative estimate of drug-likeness (QED) is 0.594. The number of carboxylic acid groups (broad SMARTS) is 1. The largest absolute Gasteiger partial charge is 0.481 e. The normalized spacial score (nSPS) is 15.0. The summed E-state index contributed by atoms with van der Waals surface area (Å²) in [6.07, 6.45) is 2.16. The number of aliphatic carboxylic acids is 1. The number of hydrogen-bond acceptors (Lipinski definition) is 4. The predicted molar refractivity (Wildman–Crippen MR) is 91.5 cm³/mol.